The van der Waals surface area contributed by atoms with Crippen LogP contribution < -0.4 is 4.74 Å². The van der Waals surface area contributed by atoms with Crippen LogP contribution in [-0.4, -0.2) is 51.3 Å². The van der Waals surface area contributed by atoms with E-state index in [2.05, 4.69) is 0 Å². The first-order valence-corrected chi connectivity index (χ1v) is 6.16. The van der Waals surface area contributed by atoms with Crippen molar-refractivity contribution in [3.05, 3.63) is 24.3 Å². The van der Waals surface area contributed by atoms with Gasteiger partial charge in [-0.2, -0.15) is 0 Å². The number of phenolic OH excluding ortho intramolecular Hbond substituents is 1. The molecule has 0 amide bonds. The zero-order chi connectivity index (χ0) is 14.9. The van der Waals surface area contributed by atoms with Crippen LogP contribution in [0.1, 0.15) is 6.42 Å². The first-order chi connectivity index (χ1) is 9.36. The van der Waals surface area contributed by atoms with Crippen LogP contribution in [0, 0.1) is 5.92 Å². The van der Waals surface area contributed by atoms with Gasteiger partial charge in [0, 0.05) is 0 Å². The van der Waals surface area contributed by atoms with E-state index in [1.165, 1.54) is 24.3 Å². The number of ether oxygens (including phenoxy) is 1. The number of hydrogen-bond acceptors (Lipinski definition) is 5. The van der Waals surface area contributed by atoms with Gasteiger partial charge in [0.25, 0.3) is 5.92 Å². The SMILES string of the molecule is OCC1C[C@H](O)[C@@H](O)[C@H](Oc2ccc(O)cc2)C1(F)F. The number of alkyl halides is 2. The predicted molar refractivity (Wildman–Crippen MR) is 64.7 cm³/mol. The zero-order valence-corrected chi connectivity index (χ0v) is 10.5. The summed E-state index contributed by atoms with van der Waals surface area (Å²) in [6, 6.07) is 5.05. The molecule has 2 rings (SSSR count). The minimum atomic E-state index is -3.48. The molecule has 5 nitrogen and oxygen atoms in total. The average Bonchev–Trinajstić information content (AvgIpc) is 2.41. The third-order valence-corrected chi connectivity index (χ3v) is 3.47. The maximum Gasteiger partial charge on any atom is 0.291 e. The van der Waals surface area contributed by atoms with Crippen molar-refractivity contribution in [1.29, 1.82) is 0 Å². The number of aliphatic hydroxyl groups excluding tert-OH is 3. The molecular formula is C13H16F2O5. The van der Waals surface area contributed by atoms with Gasteiger partial charge in [-0.3, -0.25) is 0 Å². The second kappa shape index (κ2) is 5.51. The minimum Gasteiger partial charge on any atom is -0.508 e. The fraction of sp³-hybridized carbons (Fsp3) is 0.538. The largest absolute Gasteiger partial charge is 0.508 e. The molecule has 1 unspecified atom stereocenters. The number of halogens is 2. The normalized spacial score (nSPS) is 32.9. The van der Waals surface area contributed by atoms with Crippen LogP contribution in [0.4, 0.5) is 8.78 Å². The fourth-order valence-electron chi connectivity index (χ4n) is 2.27. The monoisotopic (exact) mass is 290 g/mol. The highest BCUT2D eigenvalue weighted by Crippen LogP contribution is 2.41. The van der Waals surface area contributed by atoms with Gasteiger partial charge < -0.3 is 25.2 Å². The van der Waals surface area contributed by atoms with Crippen molar-refractivity contribution in [3.8, 4) is 11.5 Å². The van der Waals surface area contributed by atoms with Crippen molar-refractivity contribution in [3.63, 3.8) is 0 Å². The van der Waals surface area contributed by atoms with E-state index >= 15 is 0 Å². The molecule has 0 bridgehead atoms. The Morgan fingerprint density at radius 1 is 1.20 bits per heavy atom. The molecule has 0 aliphatic heterocycles. The maximum atomic E-state index is 14.1. The van der Waals surface area contributed by atoms with Gasteiger partial charge in [-0.15, -0.1) is 0 Å². The summed E-state index contributed by atoms with van der Waals surface area (Å²) < 4.78 is 33.3. The molecular weight excluding hydrogens is 274 g/mol. The Bertz CT molecular complexity index is 451. The maximum absolute atomic E-state index is 14.1. The van der Waals surface area contributed by atoms with Crippen molar-refractivity contribution >= 4 is 0 Å². The van der Waals surface area contributed by atoms with Crippen molar-refractivity contribution in [2.24, 2.45) is 5.92 Å². The molecule has 0 radical (unpaired) electrons. The van der Waals surface area contributed by atoms with Gasteiger partial charge in [-0.25, -0.2) is 8.78 Å². The standard InChI is InChI=1S/C13H16F2O5/c14-13(15)7(6-16)5-10(18)11(19)12(13)20-9-3-1-8(17)2-4-9/h1-4,7,10-12,16-19H,5-6H2/t7?,10-,11+,12-/m0/s1. The summed E-state index contributed by atoms with van der Waals surface area (Å²) in [5, 5.41) is 37.4. The predicted octanol–water partition coefficient (Wildman–Crippen LogP) is 0.509. The smallest absolute Gasteiger partial charge is 0.291 e. The average molecular weight is 290 g/mol. The molecule has 7 heteroatoms. The Morgan fingerprint density at radius 3 is 2.35 bits per heavy atom. The van der Waals surface area contributed by atoms with E-state index in [1.807, 2.05) is 0 Å². The lowest BCUT2D eigenvalue weighted by Crippen LogP contribution is -2.60. The van der Waals surface area contributed by atoms with Gasteiger partial charge in [0.2, 0.25) is 0 Å². The molecule has 4 N–H and O–H groups in total. The van der Waals surface area contributed by atoms with E-state index < -0.39 is 43.2 Å². The summed E-state index contributed by atoms with van der Waals surface area (Å²) in [6.45, 7) is -0.813. The quantitative estimate of drug-likeness (QED) is 0.651. The van der Waals surface area contributed by atoms with Gasteiger partial charge in [0.1, 0.15) is 17.6 Å². The minimum absolute atomic E-state index is 0.0253. The Balaban J connectivity index is 2.23. The van der Waals surface area contributed by atoms with Gasteiger partial charge in [-0.05, 0) is 30.7 Å². The molecule has 0 aromatic heterocycles. The second-order valence-electron chi connectivity index (χ2n) is 4.88. The molecule has 1 aliphatic rings. The molecule has 1 aliphatic carbocycles. The van der Waals surface area contributed by atoms with E-state index in [0.717, 1.165) is 0 Å². The van der Waals surface area contributed by atoms with E-state index in [4.69, 9.17) is 14.9 Å². The highest BCUT2D eigenvalue weighted by Gasteiger charge is 2.57. The Labute approximate surface area is 114 Å². The molecule has 20 heavy (non-hydrogen) atoms. The van der Waals surface area contributed by atoms with Gasteiger partial charge >= 0.3 is 0 Å². The van der Waals surface area contributed by atoms with Gasteiger partial charge in [-0.1, -0.05) is 0 Å². The molecule has 1 fully saturated rings. The molecule has 112 valence electrons. The number of phenols is 1. The van der Waals surface area contributed by atoms with E-state index in [-0.39, 0.29) is 11.5 Å². The van der Waals surface area contributed by atoms with Crippen molar-refractivity contribution in [2.75, 3.05) is 6.61 Å². The summed E-state index contributed by atoms with van der Waals surface area (Å²) in [4.78, 5) is 0. The number of aromatic hydroxyl groups is 1. The summed E-state index contributed by atoms with van der Waals surface area (Å²) in [5.41, 5.74) is 0. The summed E-state index contributed by atoms with van der Waals surface area (Å²) in [5.74, 6) is -4.99. The number of rotatable bonds is 3. The van der Waals surface area contributed by atoms with E-state index in [1.54, 1.807) is 0 Å². The van der Waals surface area contributed by atoms with Crippen LogP contribution in [-0.2, 0) is 0 Å². The van der Waals surface area contributed by atoms with E-state index in [0.29, 0.717) is 0 Å². The molecule has 1 saturated carbocycles. The third kappa shape index (κ3) is 2.70. The number of hydrogen-bond donors (Lipinski definition) is 4. The van der Waals surface area contributed by atoms with Crippen molar-refractivity contribution in [1.82, 2.24) is 0 Å². The third-order valence-electron chi connectivity index (χ3n) is 3.47. The highest BCUT2D eigenvalue weighted by atomic mass is 19.3. The summed E-state index contributed by atoms with van der Waals surface area (Å²) >= 11 is 0. The van der Waals surface area contributed by atoms with Crippen molar-refractivity contribution in [2.45, 2.75) is 30.7 Å². The Morgan fingerprint density at radius 2 is 1.80 bits per heavy atom. The topological polar surface area (TPSA) is 90.2 Å². The molecule has 0 heterocycles. The lowest BCUT2D eigenvalue weighted by molar-refractivity contribution is -0.230. The van der Waals surface area contributed by atoms with Crippen LogP contribution in [0.3, 0.4) is 0 Å². The lowest BCUT2D eigenvalue weighted by Gasteiger charge is -2.42. The van der Waals surface area contributed by atoms with Crippen LogP contribution in [0.2, 0.25) is 0 Å². The van der Waals surface area contributed by atoms with Crippen LogP contribution in [0.25, 0.3) is 0 Å². The van der Waals surface area contributed by atoms with Gasteiger partial charge in [0.05, 0.1) is 18.6 Å². The Kier molecular flexibility index (Phi) is 4.12. The zero-order valence-electron chi connectivity index (χ0n) is 10.5. The lowest BCUT2D eigenvalue weighted by atomic mass is 9.80. The van der Waals surface area contributed by atoms with Crippen molar-refractivity contribution < 1.29 is 33.9 Å². The van der Waals surface area contributed by atoms with Gasteiger partial charge in [0.15, 0.2) is 6.10 Å². The molecule has 0 spiro atoms. The summed E-state index contributed by atoms with van der Waals surface area (Å²) in [7, 11) is 0. The second-order valence-corrected chi connectivity index (χ2v) is 4.88. The van der Waals surface area contributed by atoms with E-state index in [9.17, 15) is 19.0 Å². The first kappa shape index (κ1) is 15.0. The Hall–Kier alpha value is -1.44. The molecule has 1 aromatic carbocycles. The number of benzene rings is 1. The summed E-state index contributed by atoms with van der Waals surface area (Å²) in [6.07, 6.45) is -5.52. The van der Waals surface area contributed by atoms with Crippen LogP contribution >= 0.6 is 0 Å². The molecule has 4 atom stereocenters. The first-order valence-electron chi connectivity index (χ1n) is 6.16. The van der Waals surface area contributed by atoms with Crippen LogP contribution in [0.15, 0.2) is 24.3 Å². The molecule has 1 aromatic rings. The fourth-order valence-corrected chi connectivity index (χ4v) is 2.27. The van der Waals surface area contributed by atoms with Crippen LogP contribution in [0.5, 0.6) is 11.5 Å². The highest BCUT2D eigenvalue weighted by molar-refractivity contribution is 5.30. The molecule has 0 saturated heterocycles. The number of aliphatic hydroxyl groups is 3.